The molecule has 96 valence electrons. The number of hydrogen-bond donors (Lipinski definition) is 1. The Morgan fingerprint density at radius 1 is 1.11 bits per heavy atom. The summed E-state index contributed by atoms with van der Waals surface area (Å²) < 4.78 is 13.4. The zero-order valence-electron chi connectivity index (χ0n) is 9.67. The van der Waals surface area contributed by atoms with E-state index in [-0.39, 0.29) is 5.69 Å². The number of nitrogens with one attached hydrogen (secondary N) is 1. The van der Waals surface area contributed by atoms with Crippen LogP contribution in [0.1, 0.15) is 10.4 Å². The average Bonchev–Trinajstić information content (AvgIpc) is 2.39. The van der Waals surface area contributed by atoms with Crippen LogP contribution in [0.15, 0.2) is 48.5 Å². The van der Waals surface area contributed by atoms with Gasteiger partial charge in [-0.3, -0.25) is 14.9 Å². The van der Waals surface area contributed by atoms with E-state index in [4.69, 9.17) is 0 Å². The molecule has 0 spiro atoms. The summed E-state index contributed by atoms with van der Waals surface area (Å²) in [6.07, 6.45) is 0. The molecule has 1 amide bonds. The number of nitro groups is 1. The molecule has 0 radical (unpaired) electrons. The van der Waals surface area contributed by atoms with Crippen molar-refractivity contribution < 1.29 is 14.1 Å². The van der Waals surface area contributed by atoms with E-state index >= 15 is 0 Å². The monoisotopic (exact) mass is 260 g/mol. The molecule has 19 heavy (non-hydrogen) atoms. The fourth-order valence-electron chi connectivity index (χ4n) is 1.59. The molecule has 0 fully saturated rings. The van der Waals surface area contributed by atoms with Crippen LogP contribution in [0, 0.1) is 15.9 Å². The van der Waals surface area contributed by atoms with Crippen LogP contribution in [0.25, 0.3) is 0 Å². The van der Waals surface area contributed by atoms with Crippen LogP contribution in [-0.4, -0.2) is 10.8 Å². The molecule has 0 aliphatic heterocycles. The minimum Gasteiger partial charge on any atom is -0.316 e. The lowest BCUT2D eigenvalue weighted by Gasteiger charge is -2.06. The Kier molecular flexibility index (Phi) is 3.51. The predicted molar refractivity (Wildman–Crippen MR) is 67.4 cm³/mol. The topological polar surface area (TPSA) is 72.2 Å². The first kappa shape index (κ1) is 12.7. The number of amides is 1. The lowest BCUT2D eigenvalue weighted by Crippen LogP contribution is -2.13. The van der Waals surface area contributed by atoms with Gasteiger partial charge >= 0.3 is 5.69 Å². The highest BCUT2D eigenvalue weighted by atomic mass is 19.1. The number of rotatable bonds is 3. The van der Waals surface area contributed by atoms with Crippen molar-refractivity contribution in [2.45, 2.75) is 0 Å². The standard InChI is InChI=1S/C13H9FN2O3/c14-10-7-4-8-11(12(10)16(18)19)15-13(17)9-5-2-1-3-6-9/h1-8H,(H,15,17). The van der Waals surface area contributed by atoms with Gasteiger partial charge in [0.2, 0.25) is 5.82 Å². The Morgan fingerprint density at radius 3 is 2.42 bits per heavy atom. The van der Waals surface area contributed by atoms with Crippen molar-refractivity contribution in [3.05, 3.63) is 70.0 Å². The first-order valence-electron chi connectivity index (χ1n) is 5.39. The second kappa shape index (κ2) is 5.26. The maximum absolute atomic E-state index is 13.4. The summed E-state index contributed by atoms with van der Waals surface area (Å²) in [5.41, 5.74) is -0.577. The molecule has 0 aromatic heterocycles. The first-order chi connectivity index (χ1) is 9.09. The lowest BCUT2D eigenvalue weighted by molar-refractivity contribution is -0.386. The minimum absolute atomic E-state index is 0.168. The Morgan fingerprint density at radius 2 is 1.79 bits per heavy atom. The molecule has 0 unspecified atom stereocenters. The quantitative estimate of drug-likeness (QED) is 0.681. The highest BCUT2D eigenvalue weighted by Crippen LogP contribution is 2.27. The summed E-state index contributed by atoms with van der Waals surface area (Å²) in [4.78, 5) is 21.8. The fraction of sp³-hybridized carbons (Fsp3) is 0. The van der Waals surface area contributed by atoms with Crippen molar-refractivity contribution in [2.24, 2.45) is 0 Å². The van der Waals surface area contributed by atoms with Gasteiger partial charge in [0, 0.05) is 5.56 Å². The summed E-state index contributed by atoms with van der Waals surface area (Å²) in [6.45, 7) is 0. The van der Waals surface area contributed by atoms with Crippen molar-refractivity contribution in [1.29, 1.82) is 0 Å². The molecule has 0 heterocycles. The number of carbonyl (C=O) groups excluding carboxylic acids is 1. The first-order valence-corrected chi connectivity index (χ1v) is 5.39. The molecule has 5 nitrogen and oxygen atoms in total. The van der Waals surface area contributed by atoms with E-state index in [1.807, 2.05) is 0 Å². The van der Waals surface area contributed by atoms with Crippen molar-refractivity contribution in [1.82, 2.24) is 0 Å². The molecule has 2 aromatic rings. The molecular formula is C13H9FN2O3. The second-order valence-corrected chi connectivity index (χ2v) is 3.71. The zero-order valence-corrected chi connectivity index (χ0v) is 9.67. The molecule has 0 aliphatic rings. The third kappa shape index (κ3) is 2.74. The summed E-state index contributed by atoms with van der Waals surface area (Å²) in [5.74, 6) is -1.52. The van der Waals surface area contributed by atoms with Gasteiger partial charge in [0.25, 0.3) is 5.91 Å². The van der Waals surface area contributed by atoms with Gasteiger partial charge in [0.15, 0.2) is 0 Å². The van der Waals surface area contributed by atoms with Gasteiger partial charge in [-0.2, -0.15) is 4.39 Å². The highest BCUT2D eigenvalue weighted by Gasteiger charge is 2.21. The van der Waals surface area contributed by atoms with Crippen LogP contribution >= 0.6 is 0 Å². The Hall–Kier alpha value is -2.76. The van der Waals surface area contributed by atoms with Gasteiger partial charge in [0.05, 0.1) is 4.92 Å². The SMILES string of the molecule is O=C(Nc1cccc(F)c1[N+](=O)[O-])c1ccccc1. The Balaban J connectivity index is 2.32. The average molecular weight is 260 g/mol. The number of para-hydroxylation sites is 1. The van der Waals surface area contributed by atoms with E-state index in [1.165, 1.54) is 12.1 Å². The number of anilines is 1. The minimum atomic E-state index is -0.990. The van der Waals surface area contributed by atoms with Crippen molar-refractivity contribution in [2.75, 3.05) is 5.32 Å². The Labute approximate surface area is 107 Å². The largest absolute Gasteiger partial charge is 0.328 e. The van der Waals surface area contributed by atoms with E-state index in [9.17, 15) is 19.3 Å². The van der Waals surface area contributed by atoms with Crippen molar-refractivity contribution in [3.8, 4) is 0 Å². The Bertz CT molecular complexity index is 629. The maximum atomic E-state index is 13.4. The van der Waals surface area contributed by atoms with E-state index in [0.29, 0.717) is 5.56 Å². The molecule has 0 saturated carbocycles. The van der Waals surface area contributed by atoms with Gasteiger partial charge < -0.3 is 5.32 Å². The molecule has 1 N–H and O–H groups in total. The zero-order chi connectivity index (χ0) is 13.8. The normalized spacial score (nSPS) is 9.95. The van der Waals surface area contributed by atoms with Crippen LogP contribution in [0.5, 0.6) is 0 Å². The van der Waals surface area contributed by atoms with Crippen molar-refractivity contribution in [3.63, 3.8) is 0 Å². The number of hydrogen-bond acceptors (Lipinski definition) is 3. The molecule has 6 heteroatoms. The van der Waals surface area contributed by atoms with Crippen LogP contribution in [0.3, 0.4) is 0 Å². The molecule has 0 bridgehead atoms. The third-order valence-corrected chi connectivity index (χ3v) is 2.45. The number of nitrogens with zero attached hydrogens (tertiary/aromatic N) is 1. The summed E-state index contributed by atoms with van der Waals surface area (Å²) in [6, 6.07) is 11.7. The van der Waals surface area contributed by atoms with E-state index in [2.05, 4.69) is 5.32 Å². The predicted octanol–water partition coefficient (Wildman–Crippen LogP) is 2.99. The maximum Gasteiger partial charge on any atom is 0.328 e. The number of halogens is 1. The fourth-order valence-corrected chi connectivity index (χ4v) is 1.59. The molecule has 2 rings (SSSR count). The van der Waals surface area contributed by atoms with E-state index in [1.54, 1.807) is 30.3 Å². The van der Waals surface area contributed by atoms with Gasteiger partial charge in [-0.05, 0) is 24.3 Å². The van der Waals surface area contributed by atoms with E-state index < -0.39 is 22.3 Å². The van der Waals surface area contributed by atoms with Gasteiger partial charge in [-0.15, -0.1) is 0 Å². The van der Waals surface area contributed by atoms with Gasteiger partial charge in [-0.25, -0.2) is 0 Å². The van der Waals surface area contributed by atoms with Crippen LogP contribution in [-0.2, 0) is 0 Å². The van der Waals surface area contributed by atoms with E-state index in [0.717, 1.165) is 6.07 Å². The summed E-state index contributed by atoms with van der Waals surface area (Å²) >= 11 is 0. The number of carbonyl (C=O) groups is 1. The third-order valence-electron chi connectivity index (χ3n) is 2.45. The molecule has 0 aliphatic carbocycles. The molecular weight excluding hydrogens is 251 g/mol. The molecule has 0 saturated heterocycles. The highest BCUT2D eigenvalue weighted by molar-refractivity contribution is 6.05. The number of benzene rings is 2. The van der Waals surface area contributed by atoms with Crippen LogP contribution in [0.2, 0.25) is 0 Å². The van der Waals surface area contributed by atoms with Gasteiger partial charge in [-0.1, -0.05) is 24.3 Å². The second-order valence-electron chi connectivity index (χ2n) is 3.71. The van der Waals surface area contributed by atoms with Crippen molar-refractivity contribution >= 4 is 17.3 Å². The summed E-state index contributed by atoms with van der Waals surface area (Å²) in [5, 5.41) is 13.1. The van der Waals surface area contributed by atoms with Crippen LogP contribution in [0.4, 0.5) is 15.8 Å². The number of nitro benzene ring substituents is 1. The van der Waals surface area contributed by atoms with Gasteiger partial charge in [0.1, 0.15) is 5.69 Å². The molecule has 0 atom stereocenters. The molecule has 2 aromatic carbocycles. The lowest BCUT2D eigenvalue weighted by atomic mass is 10.2. The summed E-state index contributed by atoms with van der Waals surface area (Å²) in [7, 11) is 0. The smallest absolute Gasteiger partial charge is 0.316 e. The van der Waals surface area contributed by atoms with Crippen LogP contribution < -0.4 is 5.32 Å².